The van der Waals surface area contributed by atoms with E-state index in [9.17, 15) is 9.59 Å². The lowest BCUT2D eigenvalue weighted by Gasteiger charge is -1.99. The summed E-state index contributed by atoms with van der Waals surface area (Å²) in [6.07, 6.45) is 0. The van der Waals surface area contributed by atoms with Gasteiger partial charge in [-0.05, 0) is 34.2 Å². The zero-order chi connectivity index (χ0) is 16.2. The molecule has 23 heavy (non-hydrogen) atoms. The van der Waals surface area contributed by atoms with Crippen LogP contribution in [0.5, 0.6) is 0 Å². The molecule has 0 spiro atoms. The van der Waals surface area contributed by atoms with Crippen LogP contribution in [0.3, 0.4) is 0 Å². The summed E-state index contributed by atoms with van der Waals surface area (Å²) in [5, 5.41) is 3.09. The Kier molecular flexibility index (Phi) is 4.64. The predicted molar refractivity (Wildman–Crippen MR) is 87.4 cm³/mol. The minimum Gasteiger partial charge on any atom is -0.286 e. The number of benzene rings is 2. The number of nitrogens with one attached hydrogen (secondary N) is 1. The zero-order valence-electron chi connectivity index (χ0n) is 11.9. The first-order chi connectivity index (χ1) is 11.1. The minimum atomic E-state index is -0.685. The summed E-state index contributed by atoms with van der Waals surface area (Å²) in [7, 11) is 0. The van der Waals surface area contributed by atoms with Crippen LogP contribution in [0.1, 0.15) is 10.5 Å². The monoisotopic (exact) mass is 347 g/mol. The number of hydrogen-bond donors (Lipinski definition) is 1. The molecular formula is C16H12ClN2O3S+. The van der Waals surface area contributed by atoms with Gasteiger partial charge < -0.3 is 0 Å². The van der Waals surface area contributed by atoms with E-state index in [0.29, 0.717) is 10.7 Å². The smallest absolute Gasteiger partial charge is 0.286 e. The van der Waals surface area contributed by atoms with Crippen molar-refractivity contribution < 1.29 is 14.0 Å². The third kappa shape index (κ3) is 3.55. The summed E-state index contributed by atoms with van der Waals surface area (Å²) in [6.45, 7) is 0. The molecule has 1 aromatic heterocycles. The van der Waals surface area contributed by atoms with Crippen LogP contribution in [0, 0.1) is 0 Å². The molecule has 0 aliphatic carbocycles. The maximum absolute atomic E-state index is 12.4. The maximum Gasteiger partial charge on any atom is 0.438 e. The summed E-state index contributed by atoms with van der Waals surface area (Å²) in [5.41, 5.74) is -0.0635. The van der Waals surface area contributed by atoms with Gasteiger partial charge in [0, 0.05) is 22.1 Å². The number of hydrogen-bond acceptors (Lipinski definition) is 4. The van der Waals surface area contributed by atoms with Crippen molar-refractivity contribution in [3.8, 4) is 5.69 Å². The third-order valence-corrected chi connectivity index (χ3v) is 4.37. The Morgan fingerprint density at radius 3 is 2.52 bits per heavy atom. The number of carbonyl (C=O) groups is 1. The molecule has 5 nitrogen and oxygen atoms in total. The second-order valence-electron chi connectivity index (χ2n) is 4.67. The van der Waals surface area contributed by atoms with Gasteiger partial charge in [-0.3, -0.25) is 9.32 Å². The molecule has 1 heterocycles. The number of H-pyrrole nitrogens is 1. The molecule has 2 aromatic carbocycles. The van der Waals surface area contributed by atoms with E-state index in [2.05, 4.69) is 5.27 Å². The van der Waals surface area contributed by atoms with Crippen molar-refractivity contribution in [3.05, 3.63) is 75.7 Å². The summed E-state index contributed by atoms with van der Waals surface area (Å²) >= 11 is 7.16. The summed E-state index contributed by atoms with van der Waals surface area (Å²) in [6, 6.07) is 16.2. The third-order valence-electron chi connectivity index (χ3n) is 3.11. The zero-order valence-corrected chi connectivity index (χ0v) is 13.4. The van der Waals surface area contributed by atoms with Crippen molar-refractivity contribution in [3.63, 3.8) is 0 Å². The van der Waals surface area contributed by atoms with Crippen LogP contribution in [-0.4, -0.2) is 16.8 Å². The minimum absolute atomic E-state index is 0.0299. The number of para-hydroxylation sites is 1. The summed E-state index contributed by atoms with van der Waals surface area (Å²) in [4.78, 5) is 25.2. The first-order valence-corrected chi connectivity index (χ1v) is 8.12. The van der Waals surface area contributed by atoms with E-state index >= 15 is 0 Å². The Bertz CT molecular complexity index is 872. The lowest BCUT2D eigenvalue weighted by molar-refractivity contribution is -0.672. The molecule has 3 rings (SSSR count). The number of halogens is 1. The van der Waals surface area contributed by atoms with E-state index in [4.69, 9.17) is 16.1 Å². The molecule has 0 aliphatic heterocycles. The van der Waals surface area contributed by atoms with Crippen LogP contribution in [0.2, 0.25) is 5.02 Å². The summed E-state index contributed by atoms with van der Waals surface area (Å²) < 4.78 is 6.13. The van der Waals surface area contributed by atoms with E-state index in [1.54, 1.807) is 24.3 Å². The van der Waals surface area contributed by atoms with Crippen LogP contribution >= 0.6 is 23.4 Å². The highest BCUT2D eigenvalue weighted by molar-refractivity contribution is 8.00. The SMILES string of the molecule is O=C(CSc1ccc(Cl)cc1)c1c(=O)o[nH][n+]1-c1ccccc1. The normalized spacial score (nSPS) is 10.7. The molecule has 0 amide bonds. The van der Waals surface area contributed by atoms with Gasteiger partial charge in [0.2, 0.25) is 11.5 Å². The highest BCUT2D eigenvalue weighted by Gasteiger charge is 2.30. The van der Waals surface area contributed by atoms with Gasteiger partial charge in [0.1, 0.15) is 0 Å². The van der Waals surface area contributed by atoms with Crippen molar-refractivity contribution in [2.75, 3.05) is 5.75 Å². The number of Topliss-reactive ketones (excluding diaryl/α,β-unsaturated/α-hetero) is 1. The predicted octanol–water partition coefficient (Wildman–Crippen LogP) is 2.87. The number of aromatic amines is 1. The van der Waals surface area contributed by atoms with Gasteiger partial charge in [0.25, 0.3) is 0 Å². The van der Waals surface area contributed by atoms with Crippen LogP contribution in [0.15, 0.2) is 68.8 Å². The van der Waals surface area contributed by atoms with Gasteiger partial charge in [0.05, 0.1) is 5.75 Å². The van der Waals surface area contributed by atoms with Crippen molar-refractivity contribution in [1.82, 2.24) is 5.27 Å². The van der Waals surface area contributed by atoms with E-state index in [1.165, 1.54) is 16.4 Å². The van der Waals surface area contributed by atoms with Crippen molar-refractivity contribution in [1.29, 1.82) is 0 Å². The van der Waals surface area contributed by atoms with Crippen LogP contribution in [0.25, 0.3) is 5.69 Å². The molecule has 0 fully saturated rings. The molecule has 0 bridgehead atoms. The second-order valence-corrected chi connectivity index (χ2v) is 6.15. The Morgan fingerprint density at radius 1 is 1.13 bits per heavy atom. The van der Waals surface area contributed by atoms with Crippen molar-refractivity contribution in [2.45, 2.75) is 4.90 Å². The lowest BCUT2D eigenvalue weighted by atomic mass is 10.3. The number of aromatic nitrogens is 2. The van der Waals surface area contributed by atoms with Crippen LogP contribution < -0.4 is 10.3 Å². The van der Waals surface area contributed by atoms with E-state index in [-0.39, 0.29) is 17.2 Å². The maximum atomic E-state index is 12.4. The Balaban J connectivity index is 1.81. The quantitative estimate of drug-likeness (QED) is 0.438. The lowest BCUT2D eigenvalue weighted by Crippen LogP contribution is -2.41. The topological polar surface area (TPSA) is 67.0 Å². The van der Waals surface area contributed by atoms with E-state index < -0.39 is 5.63 Å². The van der Waals surface area contributed by atoms with Crippen LogP contribution in [-0.2, 0) is 0 Å². The number of carbonyl (C=O) groups excluding carboxylic acids is 1. The molecule has 0 radical (unpaired) electrons. The fourth-order valence-corrected chi connectivity index (χ4v) is 2.91. The molecular weight excluding hydrogens is 336 g/mol. The molecule has 0 atom stereocenters. The van der Waals surface area contributed by atoms with Gasteiger partial charge in [-0.15, -0.1) is 11.8 Å². The largest absolute Gasteiger partial charge is 0.438 e. The Hall–Kier alpha value is -2.31. The first kappa shape index (κ1) is 15.6. The van der Waals surface area contributed by atoms with Gasteiger partial charge >= 0.3 is 11.3 Å². The molecule has 0 unspecified atom stereocenters. The molecule has 0 aliphatic rings. The molecule has 3 aromatic rings. The number of thioether (sulfide) groups is 1. The van der Waals surface area contributed by atoms with E-state index in [1.807, 2.05) is 30.3 Å². The number of rotatable bonds is 5. The highest BCUT2D eigenvalue weighted by Crippen LogP contribution is 2.20. The number of ketones is 1. The van der Waals surface area contributed by atoms with Crippen molar-refractivity contribution in [2.24, 2.45) is 0 Å². The molecule has 7 heteroatoms. The average molecular weight is 348 g/mol. The average Bonchev–Trinajstić information content (AvgIpc) is 2.96. The highest BCUT2D eigenvalue weighted by atomic mass is 35.5. The van der Waals surface area contributed by atoms with Gasteiger partial charge in [-0.25, -0.2) is 4.79 Å². The van der Waals surface area contributed by atoms with E-state index in [0.717, 1.165) is 4.90 Å². The first-order valence-electron chi connectivity index (χ1n) is 6.75. The van der Waals surface area contributed by atoms with Gasteiger partial charge in [0.15, 0.2) is 0 Å². The Morgan fingerprint density at radius 2 is 1.83 bits per heavy atom. The fourth-order valence-electron chi connectivity index (χ4n) is 2.02. The van der Waals surface area contributed by atoms with Gasteiger partial charge in [-0.2, -0.15) is 0 Å². The van der Waals surface area contributed by atoms with Gasteiger partial charge in [-0.1, -0.05) is 29.8 Å². The standard InChI is InChI=1S/C16H11ClN2O3S/c17-11-6-8-13(9-7-11)23-10-14(20)15-16(21)22-18-19(15)12-4-2-1-3-5-12/h1-9H,10H2/p+1. The molecule has 1 N–H and O–H groups in total. The van der Waals surface area contributed by atoms with Crippen LogP contribution in [0.4, 0.5) is 0 Å². The molecule has 116 valence electrons. The second kappa shape index (κ2) is 6.85. The Labute approximate surface area is 140 Å². The fraction of sp³-hybridized carbons (Fsp3) is 0.0625. The summed E-state index contributed by atoms with van der Waals surface area (Å²) in [5.74, 6) is -0.194. The van der Waals surface area contributed by atoms with Crippen molar-refractivity contribution >= 4 is 29.1 Å². The number of nitrogens with zero attached hydrogens (tertiary/aromatic N) is 1. The molecule has 0 saturated carbocycles. The molecule has 0 saturated heterocycles.